The molecule has 2 aromatic carbocycles. The summed E-state index contributed by atoms with van der Waals surface area (Å²) in [5.41, 5.74) is 0. The molecule has 160 valence electrons. The Bertz CT molecular complexity index is 800. The zero-order chi connectivity index (χ0) is 21.6. The summed E-state index contributed by atoms with van der Waals surface area (Å²) in [6, 6.07) is 21.5. The van der Waals surface area contributed by atoms with Crippen LogP contribution >= 0.6 is 0 Å². The Morgan fingerprint density at radius 3 is 1.93 bits per heavy atom. The highest BCUT2D eigenvalue weighted by atomic mass is 28.4. The third-order valence-electron chi connectivity index (χ3n) is 5.90. The van der Waals surface area contributed by atoms with Gasteiger partial charge in [-0.25, -0.2) is 0 Å². The van der Waals surface area contributed by atoms with Gasteiger partial charge in [-0.3, -0.25) is 4.79 Å². The van der Waals surface area contributed by atoms with Gasteiger partial charge < -0.3 is 9.16 Å². The molecular formula is C26H34O3Si. The molecule has 0 saturated carbocycles. The summed E-state index contributed by atoms with van der Waals surface area (Å²) >= 11 is 0. The quantitative estimate of drug-likeness (QED) is 0.363. The fourth-order valence-electron chi connectivity index (χ4n) is 4.47. The number of esters is 1. The van der Waals surface area contributed by atoms with E-state index in [9.17, 15) is 4.79 Å². The molecule has 0 amide bonds. The number of rotatable bonds is 7. The Kier molecular flexibility index (Phi) is 7.32. The second-order valence-electron chi connectivity index (χ2n) is 9.05. The van der Waals surface area contributed by atoms with Gasteiger partial charge in [0.1, 0.15) is 0 Å². The molecule has 2 atom stereocenters. The average Bonchev–Trinajstić information content (AvgIpc) is 2.74. The maximum atomic E-state index is 11.8. The number of hydrogen-bond donors (Lipinski definition) is 0. The average molecular weight is 423 g/mol. The molecule has 0 heterocycles. The van der Waals surface area contributed by atoms with Gasteiger partial charge in [-0.2, -0.15) is 0 Å². The standard InChI is InChI=1S/C26H34O3Si/c1-5-28-25(27)20-21-16-18-22(19-17-21)29-30(26(2,3)4,23-12-8-6-9-13-23)24-14-10-7-11-15-24/h6-16,18,21-22H,5,17,19-20H2,1-4H3/t21-,22-/m0/s1. The zero-order valence-corrected chi connectivity index (χ0v) is 19.6. The summed E-state index contributed by atoms with van der Waals surface area (Å²) in [7, 11) is -2.55. The van der Waals surface area contributed by atoms with Gasteiger partial charge in [-0.1, -0.05) is 93.6 Å². The van der Waals surface area contributed by atoms with E-state index in [1.165, 1.54) is 10.4 Å². The van der Waals surface area contributed by atoms with Crippen molar-refractivity contribution in [1.82, 2.24) is 0 Å². The first-order chi connectivity index (χ1) is 14.4. The minimum absolute atomic E-state index is 0.0364. The van der Waals surface area contributed by atoms with Crippen LogP contribution in [0.15, 0.2) is 72.8 Å². The van der Waals surface area contributed by atoms with Gasteiger partial charge in [0.05, 0.1) is 19.1 Å². The number of hydrogen-bond acceptors (Lipinski definition) is 3. The third kappa shape index (κ3) is 4.93. The predicted octanol–water partition coefficient (Wildman–Crippen LogP) is 4.85. The van der Waals surface area contributed by atoms with Crippen LogP contribution in [-0.4, -0.2) is 27.0 Å². The molecule has 0 spiro atoms. The van der Waals surface area contributed by atoms with Crippen molar-refractivity contribution in [2.45, 2.75) is 58.1 Å². The van der Waals surface area contributed by atoms with E-state index in [0.717, 1.165) is 12.8 Å². The minimum atomic E-state index is -2.55. The van der Waals surface area contributed by atoms with Gasteiger partial charge in [0, 0.05) is 0 Å². The summed E-state index contributed by atoms with van der Waals surface area (Å²) in [5.74, 6) is 0.126. The van der Waals surface area contributed by atoms with Gasteiger partial charge in [0.15, 0.2) is 0 Å². The van der Waals surface area contributed by atoms with Crippen LogP contribution in [0.5, 0.6) is 0 Å². The fourth-order valence-corrected chi connectivity index (χ4v) is 9.14. The second kappa shape index (κ2) is 9.76. The van der Waals surface area contributed by atoms with Crippen LogP contribution in [0.25, 0.3) is 0 Å². The maximum absolute atomic E-state index is 11.8. The predicted molar refractivity (Wildman–Crippen MR) is 126 cm³/mol. The maximum Gasteiger partial charge on any atom is 0.306 e. The molecule has 0 saturated heterocycles. The number of carbonyl (C=O) groups excluding carboxylic acids is 1. The topological polar surface area (TPSA) is 35.5 Å². The molecule has 3 nitrogen and oxygen atoms in total. The molecule has 1 aliphatic rings. The van der Waals surface area contributed by atoms with Crippen molar-refractivity contribution in [3.8, 4) is 0 Å². The lowest BCUT2D eigenvalue weighted by atomic mass is 9.92. The van der Waals surface area contributed by atoms with E-state index in [4.69, 9.17) is 9.16 Å². The molecule has 0 aliphatic heterocycles. The first kappa shape index (κ1) is 22.5. The number of ether oxygens (including phenoxy) is 1. The van der Waals surface area contributed by atoms with E-state index >= 15 is 0 Å². The van der Waals surface area contributed by atoms with Crippen molar-refractivity contribution in [3.63, 3.8) is 0 Å². The Labute approximate surface area is 182 Å². The van der Waals surface area contributed by atoms with Crippen LogP contribution in [0.3, 0.4) is 0 Å². The van der Waals surface area contributed by atoms with Gasteiger partial charge in [-0.15, -0.1) is 0 Å². The SMILES string of the molecule is CCOC(=O)C[C@H]1C=C[C@H](O[Si](c2ccccc2)(c2ccccc2)C(C)(C)C)CC1. The molecule has 0 aromatic heterocycles. The largest absolute Gasteiger partial charge is 0.466 e. The Morgan fingerprint density at radius 1 is 0.933 bits per heavy atom. The van der Waals surface area contributed by atoms with E-state index in [-0.39, 0.29) is 23.0 Å². The van der Waals surface area contributed by atoms with Crippen LogP contribution in [-0.2, 0) is 14.0 Å². The fraction of sp³-hybridized carbons (Fsp3) is 0.423. The highest BCUT2D eigenvalue weighted by molar-refractivity contribution is 6.99. The van der Waals surface area contributed by atoms with Crippen LogP contribution in [0.2, 0.25) is 5.04 Å². The van der Waals surface area contributed by atoms with Gasteiger partial charge in [0.2, 0.25) is 0 Å². The van der Waals surface area contributed by atoms with E-state index in [2.05, 4.69) is 93.6 Å². The Balaban J connectivity index is 1.92. The van der Waals surface area contributed by atoms with E-state index in [0.29, 0.717) is 13.0 Å². The Morgan fingerprint density at radius 2 is 1.50 bits per heavy atom. The van der Waals surface area contributed by atoms with Crippen molar-refractivity contribution >= 4 is 24.7 Å². The number of benzene rings is 2. The van der Waals surface area contributed by atoms with Crippen molar-refractivity contribution in [2.24, 2.45) is 5.92 Å². The molecule has 0 N–H and O–H groups in total. The van der Waals surface area contributed by atoms with Crippen LogP contribution < -0.4 is 10.4 Å². The minimum Gasteiger partial charge on any atom is -0.466 e. The highest BCUT2D eigenvalue weighted by Gasteiger charge is 2.51. The summed E-state index contributed by atoms with van der Waals surface area (Å²) in [6.45, 7) is 9.19. The molecule has 3 rings (SSSR count). The summed E-state index contributed by atoms with van der Waals surface area (Å²) < 4.78 is 12.3. The molecule has 4 heteroatoms. The first-order valence-corrected chi connectivity index (χ1v) is 12.9. The Hall–Kier alpha value is -2.17. The molecule has 0 bridgehead atoms. The van der Waals surface area contributed by atoms with Crippen molar-refractivity contribution in [2.75, 3.05) is 6.61 Å². The van der Waals surface area contributed by atoms with E-state index < -0.39 is 8.32 Å². The van der Waals surface area contributed by atoms with E-state index in [1.54, 1.807) is 0 Å². The van der Waals surface area contributed by atoms with Crippen molar-refractivity contribution < 1.29 is 14.0 Å². The summed E-state index contributed by atoms with van der Waals surface area (Å²) in [5, 5.41) is 2.56. The normalized spacial score (nSPS) is 19.5. The monoisotopic (exact) mass is 422 g/mol. The number of allylic oxidation sites excluding steroid dienone is 1. The summed E-state index contributed by atoms with van der Waals surface area (Å²) in [4.78, 5) is 11.8. The van der Waals surface area contributed by atoms with Crippen LogP contribution in [0, 0.1) is 5.92 Å². The highest BCUT2D eigenvalue weighted by Crippen LogP contribution is 2.39. The molecule has 2 aromatic rings. The first-order valence-electron chi connectivity index (χ1n) is 11.0. The lowest BCUT2D eigenvalue weighted by molar-refractivity contribution is -0.144. The molecule has 1 aliphatic carbocycles. The summed E-state index contributed by atoms with van der Waals surface area (Å²) in [6.07, 6.45) is 6.70. The molecule has 30 heavy (non-hydrogen) atoms. The third-order valence-corrected chi connectivity index (χ3v) is 11.0. The lowest BCUT2D eigenvalue weighted by Gasteiger charge is -2.45. The molecular weight excluding hydrogens is 388 g/mol. The second-order valence-corrected chi connectivity index (χ2v) is 13.3. The molecule has 0 fully saturated rings. The van der Waals surface area contributed by atoms with E-state index in [1.807, 2.05) is 6.92 Å². The van der Waals surface area contributed by atoms with Crippen LogP contribution in [0.1, 0.15) is 47.0 Å². The number of carbonyl (C=O) groups is 1. The van der Waals surface area contributed by atoms with Gasteiger partial charge >= 0.3 is 5.97 Å². The van der Waals surface area contributed by atoms with Crippen molar-refractivity contribution in [1.29, 1.82) is 0 Å². The molecule has 0 radical (unpaired) electrons. The molecule has 0 unspecified atom stereocenters. The van der Waals surface area contributed by atoms with Crippen LogP contribution in [0.4, 0.5) is 0 Å². The van der Waals surface area contributed by atoms with Gasteiger partial charge in [-0.05, 0) is 41.1 Å². The smallest absolute Gasteiger partial charge is 0.306 e. The van der Waals surface area contributed by atoms with Crippen molar-refractivity contribution in [3.05, 3.63) is 72.8 Å². The van der Waals surface area contributed by atoms with Gasteiger partial charge in [0.25, 0.3) is 8.32 Å². The lowest BCUT2D eigenvalue weighted by Crippen LogP contribution is -2.67. The zero-order valence-electron chi connectivity index (χ0n) is 18.6.